The van der Waals surface area contributed by atoms with Gasteiger partial charge in [-0.2, -0.15) is 0 Å². The van der Waals surface area contributed by atoms with Gasteiger partial charge in [0, 0.05) is 22.1 Å². The third kappa shape index (κ3) is 10.5. The molecule has 0 radical (unpaired) electrons. The number of nitrogens with two attached hydrogens (primary N) is 2. The summed E-state index contributed by atoms with van der Waals surface area (Å²) >= 11 is 0. The summed E-state index contributed by atoms with van der Waals surface area (Å²) in [5, 5.41) is 37.3. The van der Waals surface area contributed by atoms with E-state index < -0.39 is 73.6 Å². The number of methoxy groups -OCH3 is 2. The van der Waals surface area contributed by atoms with Gasteiger partial charge in [-0.05, 0) is 88.6 Å². The summed E-state index contributed by atoms with van der Waals surface area (Å²) in [4.78, 5) is -2.74. The first kappa shape index (κ1) is 49.9. The fourth-order valence-electron chi connectivity index (χ4n) is 5.67. The Labute approximate surface area is 402 Å². The molecule has 0 saturated carbocycles. The van der Waals surface area contributed by atoms with Crippen LogP contribution in [0.3, 0.4) is 0 Å². The van der Waals surface area contributed by atoms with Gasteiger partial charge in [0.1, 0.15) is 64.6 Å². The van der Waals surface area contributed by atoms with Gasteiger partial charge in [0.25, 0.3) is 0 Å². The van der Waals surface area contributed by atoms with E-state index in [9.17, 15) is 49.1 Å². The average molecular weight is 891 g/mol. The van der Waals surface area contributed by atoms with Crippen molar-refractivity contribution >= 4 is 86.0 Å². The Bertz CT molecular complexity index is 3050. The van der Waals surface area contributed by atoms with Gasteiger partial charge in [-0.1, -0.05) is 12.1 Å². The molecule has 0 bridgehead atoms. The van der Waals surface area contributed by atoms with E-state index in [2.05, 4.69) is 20.5 Å². The number of ether oxygens (including phenoxy) is 2. The van der Waals surface area contributed by atoms with Crippen LogP contribution in [0.1, 0.15) is 0 Å². The molecule has 0 aliphatic heterocycles. The number of fused-ring (bicyclic) bond motifs is 2. The van der Waals surface area contributed by atoms with Crippen LogP contribution in [0, 0.1) is 0 Å². The number of anilines is 2. The molecule has 0 amide bonds. The van der Waals surface area contributed by atoms with E-state index in [0.717, 1.165) is 18.2 Å². The molecule has 6 aromatic carbocycles. The van der Waals surface area contributed by atoms with Crippen molar-refractivity contribution in [1.82, 2.24) is 0 Å². The second kappa shape index (κ2) is 19.1. The zero-order chi connectivity index (χ0) is 40.9. The first-order chi connectivity index (χ1) is 26.2. The molecule has 0 aliphatic rings. The summed E-state index contributed by atoms with van der Waals surface area (Å²) in [7, 11) is -12.9. The molecule has 0 heterocycles. The SMILES string of the molecule is COc1cc(-c2ccc(N=Nc3c(S(=O)(=O)[O-])cc4cc(S(=O)(=O)[O-])cc(N)c4c3O)c(OC)c2)ccc1N=Nc1c(S(=O)(=O)[O-])cc2cc(N)ccc2c1O.[Na+].[Na+].[Na+]. The standard InChI is InChI=1S/C34H28N6O13S3.3Na/c1-52-26-11-16(3-7-24(26)37-39-31-28(55(46,47)48)13-18-9-20(35)5-6-22(18)33(31)41)17-4-8-25(27(12-17)53-2)38-40-32-29(56(49,50)51)14-19-10-21(54(43,44)45)15-23(36)30(19)34(32)42;;;/h3-15,41-42H,35-36H2,1-2H3,(H,43,44,45)(H,46,47,48)(H,49,50,51);;;/q;3*+1/p-3. The molecule has 19 nitrogen and oxygen atoms in total. The Balaban J connectivity index is 0.00000310. The summed E-state index contributed by atoms with van der Waals surface area (Å²) in [5.74, 6) is -1.34. The summed E-state index contributed by atoms with van der Waals surface area (Å²) in [5.41, 5.74) is 11.1. The van der Waals surface area contributed by atoms with Gasteiger partial charge in [0.05, 0.1) is 28.9 Å². The molecule has 6 N–H and O–H groups in total. The number of nitrogen functional groups attached to an aromatic ring is 2. The summed E-state index contributed by atoms with van der Waals surface area (Å²) in [6.07, 6.45) is 0. The van der Waals surface area contributed by atoms with E-state index in [4.69, 9.17) is 20.9 Å². The fraction of sp³-hybridized carbons (Fsp3) is 0.0588. The predicted molar refractivity (Wildman–Crippen MR) is 197 cm³/mol. The largest absolute Gasteiger partial charge is 1.00 e. The normalized spacial score (nSPS) is 11.9. The van der Waals surface area contributed by atoms with Crippen molar-refractivity contribution in [2.75, 3.05) is 25.7 Å². The van der Waals surface area contributed by atoms with Crippen LogP contribution in [-0.2, 0) is 30.4 Å². The third-order valence-electron chi connectivity index (χ3n) is 8.26. The van der Waals surface area contributed by atoms with Crippen LogP contribution < -0.4 is 110 Å². The maximum absolute atomic E-state index is 12.2. The van der Waals surface area contributed by atoms with Crippen molar-refractivity contribution in [2.45, 2.75) is 14.7 Å². The third-order valence-corrected chi connectivity index (χ3v) is 10.8. The van der Waals surface area contributed by atoms with Gasteiger partial charge in [0.2, 0.25) is 0 Å². The molecule has 0 aromatic heterocycles. The number of benzene rings is 6. The molecule has 0 saturated heterocycles. The number of nitrogens with zero attached hydrogens (tertiary/aromatic N) is 4. The van der Waals surface area contributed by atoms with Crippen LogP contribution in [-0.4, -0.2) is 63.3 Å². The van der Waals surface area contributed by atoms with Gasteiger partial charge in [-0.15, -0.1) is 20.5 Å². The van der Waals surface area contributed by atoms with Crippen molar-refractivity contribution in [1.29, 1.82) is 0 Å². The van der Waals surface area contributed by atoms with Gasteiger partial charge in [-0.3, -0.25) is 0 Å². The van der Waals surface area contributed by atoms with E-state index in [1.807, 2.05) is 0 Å². The second-order valence-corrected chi connectivity index (χ2v) is 15.8. The van der Waals surface area contributed by atoms with Gasteiger partial charge in [0.15, 0.2) is 11.5 Å². The summed E-state index contributed by atoms with van der Waals surface area (Å²) in [6.45, 7) is 0. The van der Waals surface area contributed by atoms with Crippen LogP contribution in [0.25, 0.3) is 32.7 Å². The Morgan fingerprint density at radius 2 is 1.03 bits per heavy atom. The quantitative estimate of drug-likeness (QED) is 0.0456. The van der Waals surface area contributed by atoms with E-state index in [0.29, 0.717) is 17.2 Å². The number of rotatable bonds is 10. The summed E-state index contributed by atoms with van der Waals surface area (Å²) < 4.78 is 118. The molecular formula is C34H25N6Na3O13S3. The van der Waals surface area contributed by atoms with E-state index in [1.54, 1.807) is 12.1 Å². The molecule has 6 aromatic rings. The number of aromatic hydroxyl groups is 2. The second-order valence-electron chi connectivity index (χ2n) is 11.8. The Morgan fingerprint density at radius 1 is 0.559 bits per heavy atom. The predicted octanol–water partition coefficient (Wildman–Crippen LogP) is -3.19. The molecule has 59 heavy (non-hydrogen) atoms. The molecule has 290 valence electrons. The molecule has 6 rings (SSSR count). The number of azo groups is 2. The summed E-state index contributed by atoms with van der Waals surface area (Å²) in [6, 6.07) is 16.6. The first-order valence-electron chi connectivity index (χ1n) is 15.4. The zero-order valence-corrected chi connectivity index (χ0v) is 40.0. The minimum absolute atomic E-state index is 0. The molecule has 0 unspecified atom stereocenters. The van der Waals surface area contributed by atoms with Gasteiger partial charge >= 0.3 is 88.7 Å². The Morgan fingerprint density at radius 3 is 1.49 bits per heavy atom. The van der Waals surface area contributed by atoms with E-state index in [-0.39, 0.29) is 139 Å². The van der Waals surface area contributed by atoms with Crippen molar-refractivity contribution in [3.63, 3.8) is 0 Å². The van der Waals surface area contributed by atoms with Crippen LogP contribution in [0.5, 0.6) is 23.0 Å². The maximum Gasteiger partial charge on any atom is 1.00 e. The van der Waals surface area contributed by atoms with E-state index in [1.165, 1.54) is 56.7 Å². The molecule has 0 spiro atoms. The van der Waals surface area contributed by atoms with E-state index >= 15 is 0 Å². The van der Waals surface area contributed by atoms with Crippen molar-refractivity contribution in [2.24, 2.45) is 20.5 Å². The average Bonchev–Trinajstić information content (AvgIpc) is 3.12. The Hall–Kier alpha value is -3.43. The molecular weight excluding hydrogens is 866 g/mol. The zero-order valence-electron chi connectivity index (χ0n) is 31.6. The number of phenols is 2. The van der Waals surface area contributed by atoms with Crippen molar-refractivity contribution in [3.05, 3.63) is 78.9 Å². The van der Waals surface area contributed by atoms with Crippen LogP contribution >= 0.6 is 0 Å². The van der Waals surface area contributed by atoms with Crippen LogP contribution in [0.15, 0.2) is 114 Å². The van der Waals surface area contributed by atoms with Crippen molar-refractivity contribution < 1.29 is 147 Å². The van der Waals surface area contributed by atoms with Crippen molar-refractivity contribution in [3.8, 4) is 34.1 Å². The monoisotopic (exact) mass is 890 g/mol. The van der Waals surface area contributed by atoms with Crippen LogP contribution in [0.4, 0.5) is 34.1 Å². The molecule has 25 heteroatoms. The first-order valence-corrected chi connectivity index (χ1v) is 19.7. The molecule has 0 atom stereocenters. The molecule has 0 aliphatic carbocycles. The minimum atomic E-state index is -5.37. The van der Waals surface area contributed by atoms with Gasteiger partial charge in [-0.25, -0.2) is 25.3 Å². The number of phenolic OH excluding ortho intramolecular Hbond substituents is 2. The number of hydrogen-bond acceptors (Lipinski definition) is 19. The maximum atomic E-state index is 12.2. The Kier molecular flexibility index (Phi) is 16.2. The smallest absolute Gasteiger partial charge is 0.744 e. The van der Waals surface area contributed by atoms with Crippen LogP contribution in [0.2, 0.25) is 0 Å². The topological polar surface area (TPSA) is 332 Å². The molecule has 0 fully saturated rings. The number of hydrogen-bond donors (Lipinski definition) is 4. The minimum Gasteiger partial charge on any atom is -0.744 e. The van der Waals surface area contributed by atoms with Gasteiger partial charge < -0.3 is 44.8 Å². The fourth-order valence-corrected chi connectivity index (χ4v) is 7.50.